The summed E-state index contributed by atoms with van der Waals surface area (Å²) in [6.45, 7) is 1.67. The topological polar surface area (TPSA) is 87.7 Å². The lowest BCUT2D eigenvalue weighted by Crippen LogP contribution is -2.36. The Morgan fingerprint density at radius 3 is 2.75 bits per heavy atom. The molecule has 1 aromatic rings. The maximum Gasteiger partial charge on any atom is 0.319 e. The van der Waals surface area contributed by atoms with Gasteiger partial charge in [0.15, 0.2) is 0 Å². The van der Waals surface area contributed by atoms with Gasteiger partial charge < -0.3 is 20.5 Å². The number of aliphatic carboxylic acids is 1. The van der Waals surface area contributed by atoms with Gasteiger partial charge in [-0.1, -0.05) is 0 Å². The number of urea groups is 1. The number of halogens is 1. The van der Waals surface area contributed by atoms with Crippen LogP contribution in [0.15, 0.2) is 18.2 Å². The molecule has 0 saturated heterocycles. The van der Waals surface area contributed by atoms with E-state index < -0.39 is 17.8 Å². The first-order chi connectivity index (χ1) is 9.42. The Hall–Kier alpha value is -2.31. The van der Waals surface area contributed by atoms with Gasteiger partial charge in [-0.05, 0) is 25.5 Å². The zero-order valence-corrected chi connectivity index (χ0v) is 11.3. The summed E-state index contributed by atoms with van der Waals surface area (Å²) in [6, 6.07) is 3.04. The van der Waals surface area contributed by atoms with Gasteiger partial charge in [0.25, 0.3) is 0 Å². The largest absolute Gasteiger partial charge is 0.497 e. The Bertz CT molecular complexity index is 493. The molecule has 7 heteroatoms. The number of anilines is 1. The molecule has 1 unspecified atom stereocenters. The molecule has 2 amide bonds. The average molecular weight is 284 g/mol. The van der Waals surface area contributed by atoms with E-state index in [-0.39, 0.29) is 18.2 Å². The summed E-state index contributed by atoms with van der Waals surface area (Å²) in [6.07, 6.45) is 0.248. The SMILES string of the molecule is COc1ccc(F)c(NC(=O)NC(C)CCC(=O)O)c1. The fraction of sp³-hybridized carbons (Fsp3) is 0.385. The highest BCUT2D eigenvalue weighted by molar-refractivity contribution is 5.89. The molecule has 1 rings (SSSR count). The van der Waals surface area contributed by atoms with Crippen molar-refractivity contribution in [1.82, 2.24) is 5.32 Å². The van der Waals surface area contributed by atoms with Crippen LogP contribution in [0.3, 0.4) is 0 Å². The van der Waals surface area contributed by atoms with E-state index in [1.165, 1.54) is 25.3 Å². The second-order valence-electron chi connectivity index (χ2n) is 4.28. The first kappa shape index (κ1) is 15.7. The van der Waals surface area contributed by atoms with Crippen LogP contribution in [0.1, 0.15) is 19.8 Å². The van der Waals surface area contributed by atoms with Gasteiger partial charge >= 0.3 is 12.0 Å². The maximum atomic E-state index is 13.5. The van der Waals surface area contributed by atoms with E-state index in [1.807, 2.05) is 0 Å². The Labute approximate surface area is 115 Å². The molecular weight excluding hydrogens is 267 g/mol. The highest BCUT2D eigenvalue weighted by Crippen LogP contribution is 2.20. The fourth-order valence-corrected chi connectivity index (χ4v) is 1.52. The molecule has 0 bridgehead atoms. The van der Waals surface area contributed by atoms with E-state index in [0.717, 1.165) is 0 Å². The predicted molar refractivity (Wildman–Crippen MR) is 71.4 cm³/mol. The summed E-state index contributed by atoms with van der Waals surface area (Å²) >= 11 is 0. The van der Waals surface area contributed by atoms with Crippen molar-refractivity contribution in [2.45, 2.75) is 25.8 Å². The lowest BCUT2D eigenvalue weighted by Gasteiger charge is -2.14. The van der Waals surface area contributed by atoms with Gasteiger partial charge in [0.1, 0.15) is 11.6 Å². The van der Waals surface area contributed by atoms with Crippen LogP contribution in [-0.2, 0) is 4.79 Å². The molecule has 0 aliphatic carbocycles. The van der Waals surface area contributed by atoms with E-state index in [1.54, 1.807) is 6.92 Å². The number of hydrogen-bond acceptors (Lipinski definition) is 3. The Kier molecular flexibility index (Phi) is 5.76. The van der Waals surface area contributed by atoms with Crippen molar-refractivity contribution in [1.29, 1.82) is 0 Å². The molecule has 6 nitrogen and oxygen atoms in total. The molecule has 0 fully saturated rings. The molecule has 0 aliphatic heterocycles. The molecule has 0 saturated carbocycles. The molecule has 3 N–H and O–H groups in total. The van der Waals surface area contributed by atoms with Crippen molar-refractivity contribution in [3.05, 3.63) is 24.0 Å². The minimum Gasteiger partial charge on any atom is -0.497 e. The van der Waals surface area contributed by atoms with E-state index in [4.69, 9.17) is 9.84 Å². The summed E-state index contributed by atoms with van der Waals surface area (Å²) in [5, 5.41) is 13.4. The highest BCUT2D eigenvalue weighted by Gasteiger charge is 2.11. The van der Waals surface area contributed by atoms with Gasteiger partial charge in [0.2, 0.25) is 0 Å². The van der Waals surface area contributed by atoms with Crippen molar-refractivity contribution in [3.8, 4) is 5.75 Å². The molecule has 110 valence electrons. The summed E-state index contributed by atoms with van der Waals surface area (Å²) in [4.78, 5) is 22.0. The average Bonchev–Trinajstić information content (AvgIpc) is 2.39. The molecule has 0 heterocycles. The Morgan fingerprint density at radius 1 is 1.45 bits per heavy atom. The van der Waals surface area contributed by atoms with E-state index in [2.05, 4.69) is 10.6 Å². The Morgan fingerprint density at radius 2 is 2.15 bits per heavy atom. The first-order valence-corrected chi connectivity index (χ1v) is 6.05. The molecule has 0 aliphatic rings. The Balaban J connectivity index is 2.55. The molecule has 0 radical (unpaired) electrons. The van der Waals surface area contributed by atoms with Crippen molar-refractivity contribution < 1.29 is 23.8 Å². The third-order valence-electron chi connectivity index (χ3n) is 2.59. The molecule has 1 atom stereocenters. The van der Waals surface area contributed by atoms with Crippen LogP contribution in [0, 0.1) is 5.82 Å². The number of carboxylic acids is 1. The van der Waals surface area contributed by atoms with Crippen molar-refractivity contribution >= 4 is 17.7 Å². The normalized spacial score (nSPS) is 11.6. The first-order valence-electron chi connectivity index (χ1n) is 6.05. The molecule has 0 spiro atoms. The molecule has 0 aromatic heterocycles. The van der Waals surface area contributed by atoms with Crippen LogP contribution in [0.4, 0.5) is 14.9 Å². The third-order valence-corrected chi connectivity index (χ3v) is 2.59. The van der Waals surface area contributed by atoms with Crippen molar-refractivity contribution in [3.63, 3.8) is 0 Å². The van der Waals surface area contributed by atoms with Crippen LogP contribution >= 0.6 is 0 Å². The van der Waals surface area contributed by atoms with Gasteiger partial charge in [-0.2, -0.15) is 0 Å². The number of benzene rings is 1. The quantitative estimate of drug-likeness (QED) is 0.747. The minimum absolute atomic E-state index is 0.00714. The van der Waals surface area contributed by atoms with Crippen LogP contribution in [-0.4, -0.2) is 30.3 Å². The van der Waals surface area contributed by atoms with Gasteiger partial charge in [-0.3, -0.25) is 4.79 Å². The van der Waals surface area contributed by atoms with E-state index in [9.17, 15) is 14.0 Å². The van der Waals surface area contributed by atoms with Crippen molar-refractivity contribution in [2.24, 2.45) is 0 Å². The number of methoxy groups -OCH3 is 1. The van der Waals surface area contributed by atoms with Gasteiger partial charge in [-0.15, -0.1) is 0 Å². The molecular formula is C13H17FN2O4. The standard InChI is InChI=1S/C13H17FN2O4/c1-8(3-6-12(17)18)15-13(19)16-11-7-9(20-2)4-5-10(11)14/h4-5,7-8H,3,6H2,1-2H3,(H,17,18)(H2,15,16,19). The van der Waals surface area contributed by atoms with E-state index >= 15 is 0 Å². The predicted octanol–water partition coefficient (Wildman–Crippen LogP) is 2.21. The number of ether oxygens (including phenoxy) is 1. The zero-order chi connectivity index (χ0) is 15.1. The van der Waals surface area contributed by atoms with Gasteiger partial charge in [0.05, 0.1) is 12.8 Å². The summed E-state index contributed by atoms with van der Waals surface area (Å²) in [7, 11) is 1.44. The minimum atomic E-state index is -0.933. The summed E-state index contributed by atoms with van der Waals surface area (Å²) < 4.78 is 18.4. The molecule has 20 heavy (non-hydrogen) atoms. The highest BCUT2D eigenvalue weighted by atomic mass is 19.1. The maximum absolute atomic E-state index is 13.5. The fourth-order valence-electron chi connectivity index (χ4n) is 1.52. The number of carbonyl (C=O) groups excluding carboxylic acids is 1. The number of hydrogen-bond donors (Lipinski definition) is 3. The number of amides is 2. The second kappa shape index (κ2) is 7.32. The van der Waals surface area contributed by atoms with Crippen LogP contribution < -0.4 is 15.4 Å². The zero-order valence-electron chi connectivity index (χ0n) is 11.3. The van der Waals surface area contributed by atoms with Crippen LogP contribution in [0.2, 0.25) is 0 Å². The van der Waals surface area contributed by atoms with Crippen LogP contribution in [0.5, 0.6) is 5.75 Å². The number of carbonyl (C=O) groups is 2. The lowest BCUT2D eigenvalue weighted by molar-refractivity contribution is -0.137. The van der Waals surface area contributed by atoms with E-state index in [0.29, 0.717) is 12.2 Å². The second-order valence-corrected chi connectivity index (χ2v) is 4.28. The van der Waals surface area contributed by atoms with Crippen LogP contribution in [0.25, 0.3) is 0 Å². The third kappa shape index (κ3) is 5.13. The molecule has 1 aromatic carbocycles. The van der Waals surface area contributed by atoms with Gasteiger partial charge in [0, 0.05) is 18.5 Å². The number of rotatable bonds is 6. The van der Waals surface area contributed by atoms with Gasteiger partial charge in [-0.25, -0.2) is 9.18 Å². The monoisotopic (exact) mass is 284 g/mol. The lowest BCUT2D eigenvalue weighted by atomic mass is 10.2. The van der Waals surface area contributed by atoms with Crippen molar-refractivity contribution in [2.75, 3.05) is 12.4 Å². The number of nitrogens with one attached hydrogen (secondary N) is 2. The summed E-state index contributed by atoms with van der Waals surface area (Å²) in [5.41, 5.74) is -0.00714. The summed E-state index contributed by atoms with van der Waals surface area (Å²) in [5.74, 6) is -1.10. The number of carboxylic acid groups (broad SMARTS) is 1. The smallest absolute Gasteiger partial charge is 0.319 e.